The van der Waals surface area contributed by atoms with E-state index < -0.39 is 0 Å². The molecule has 0 amide bonds. The van der Waals surface area contributed by atoms with Gasteiger partial charge in [-0.3, -0.25) is 4.79 Å². The minimum atomic E-state index is -0.0148. The van der Waals surface area contributed by atoms with E-state index in [1.54, 1.807) is 0 Å². The SMILES string of the molecule is CCCCCC(C)C(=O)OCCC(C)CC(C)(C)C. The molecule has 0 aliphatic heterocycles. The molecule has 0 N–H and O–H groups in total. The molecule has 19 heavy (non-hydrogen) atoms. The Balaban J connectivity index is 3.72. The number of unbranched alkanes of at least 4 members (excludes halogenated alkanes) is 2. The van der Waals surface area contributed by atoms with E-state index in [2.05, 4.69) is 34.6 Å². The molecule has 0 rings (SSSR count). The van der Waals surface area contributed by atoms with E-state index in [0.717, 1.165) is 19.3 Å². The van der Waals surface area contributed by atoms with Crippen LogP contribution in [0.25, 0.3) is 0 Å². The summed E-state index contributed by atoms with van der Waals surface area (Å²) in [7, 11) is 0. The lowest BCUT2D eigenvalue weighted by Gasteiger charge is -2.23. The molecule has 0 aromatic heterocycles. The zero-order valence-corrected chi connectivity index (χ0v) is 13.9. The van der Waals surface area contributed by atoms with Gasteiger partial charge in [-0.1, -0.05) is 60.8 Å². The average molecular weight is 270 g/mol. The second kappa shape index (κ2) is 9.39. The Morgan fingerprint density at radius 1 is 1.11 bits per heavy atom. The molecule has 2 nitrogen and oxygen atoms in total. The van der Waals surface area contributed by atoms with Crippen LogP contribution in [0.1, 0.15) is 80.1 Å². The smallest absolute Gasteiger partial charge is 0.308 e. The van der Waals surface area contributed by atoms with Crippen LogP contribution >= 0.6 is 0 Å². The number of hydrogen-bond acceptors (Lipinski definition) is 2. The highest BCUT2D eigenvalue weighted by Crippen LogP contribution is 2.25. The summed E-state index contributed by atoms with van der Waals surface area (Å²) in [6, 6.07) is 0. The van der Waals surface area contributed by atoms with Gasteiger partial charge in [0.2, 0.25) is 0 Å². The molecule has 0 aromatic rings. The van der Waals surface area contributed by atoms with Crippen molar-refractivity contribution in [2.24, 2.45) is 17.3 Å². The van der Waals surface area contributed by atoms with Crippen LogP contribution in [0.5, 0.6) is 0 Å². The van der Waals surface area contributed by atoms with Crippen LogP contribution in [0.3, 0.4) is 0 Å². The summed E-state index contributed by atoms with van der Waals surface area (Å²) in [6.07, 6.45) is 6.66. The van der Waals surface area contributed by atoms with Gasteiger partial charge in [-0.15, -0.1) is 0 Å². The lowest BCUT2D eigenvalue weighted by atomic mass is 9.84. The van der Waals surface area contributed by atoms with Crippen LogP contribution in [-0.4, -0.2) is 12.6 Å². The highest BCUT2D eigenvalue weighted by molar-refractivity contribution is 5.71. The molecule has 0 aliphatic carbocycles. The Morgan fingerprint density at radius 3 is 2.26 bits per heavy atom. The van der Waals surface area contributed by atoms with Crippen LogP contribution in [0.4, 0.5) is 0 Å². The second-order valence-electron chi connectivity index (χ2n) is 7.22. The molecule has 0 heterocycles. The quantitative estimate of drug-likeness (QED) is 0.425. The third kappa shape index (κ3) is 11.0. The van der Waals surface area contributed by atoms with E-state index in [9.17, 15) is 4.79 Å². The fourth-order valence-electron chi connectivity index (χ4n) is 2.47. The van der Waals surface area contributed by atoms with Crippen molar-refractivity contribution in [2.45, 2.75) is 80.1 Å². The van der Waals surface area contributed by atoms with E-state index in [1.165, 1.54) is 19.3 Å². The van der Waals surface area contributed by atoms with Gasteiger partial charge in [0.15, 0.2) is 0 Å². The van der Waals surface area contributed by atoms with E-state index in [0.29, 0.717) is 17.9 Å². The molecule has 0 fully saturated rings. The summed E-state index contributed by atoms with van der Waals surface area (Å²) in [5.74, 6) is 0.659. The van der Waals surface area contributed by atoms with Crippen LogP contribution in [0.15, 0.2) is 0 Å². The van der Waals surface area contributed by atoms with E-state index >= 15 is 0 Å². The lowest BCUT2D eigenvalue weighted by Crippen LogP contribution is -2.18. The fourth-order valence-corrected chi connectivity index (χ4v) is 2.47. The third-order valence-corrected chi connectivity index (χ3v) is 3.46. The van der Waals surface area contributed by atoms with Crippen molar-refractivity contribution in [1.82, 2.24) is 0 Å². The van der Waals surface area contributed by atoms with Gasteiger partial charge >= 0.3 is 5.97 Å². The van der Waals surface area contributed by atoms with Gasteiger partial charge in [-0.2, -0.15) is 0 Å². The standard InChI is InChI=1S/C17H34O2/c1-7-8-9-10-15(3)16(18)19-12-11-14(2)13-17(4,5)6/h14-15H,7-13H2,1-6H3. The minimum Gasteiger partial charge on any atom is -0.465 e. The molecule has 0 spiro atoms. The predicted molar refractivity (Wildman–Crippen MR) is 82.1 cm³/mol. The van der Waals surface area contributed by atoms with Crippen molar-refractivity contribution < 1.29 is 9.53 Å². The maximum absolute atomic E-state index is 11.8. The number of ether oxygens (including phenoxy) is 1. The van der Waals surface area contributed by atoms with Crippen molar-refractivity contribution in [3.63, 3.8) is 0 Å². The summed E-state index contributed by atoms with van der Waals surface area (Å²) in [5, 5.41) is 0. The molecular formula is C17H34O2. The molecule has 0 saturated heterocycles. The topological polar surface area (TPSA) is 26.3 Å². The number of hydrogen-bond donors (Lipinski definition) is 0. The summed E-state index contributed by atoms with van der Waals surface area (Å²) < 4.78 is 5.38. The van der Waals surface area contributed by atoms with E-state index in [-0.39, 0.29) is 11.9 Å². The molecule has 114 valence electrons. The molecule has 2 heteroatoms. The van der Waals surface area contributed by atoms with Gasteiger partial charge in [0.05, 0.1) is 12.5 Å². The average Bonchev–Trinajstić information content (AvgIpc) is 2.26. The molecule has 2 atom stereocenters. The Labute approximate surface area is 120 Å². The predicted octanol–water partition coefficient (Wildman–Crippen LogP) is 5.21. The van der Waals surface area contributed by atoms with Gasteiger partial charge < -0.3 is 4.74 Å². The van der Waals surface area contributed by atoms with Crippen molar-refractivity contribution >= 4 is 5.97 Å². The van der Waals surface area contributed by atoms with Gasteiger partial charge in [-0.25, -0.2) is 0 Å². The maximum Gasteiger partial charge on any atom is 0.308 e. The largest absolute Gasteiger partial charge is 0.465 e. The third-order valence-electron chi connectivity index (χ3n) is 3.46. The molecule has 2 unspecified atom stereocenters. The van der Waals surface area contributed by atoms with Crippen molar-refractivity contribution in [2.75, 3.05) is 6.61 Å². The first kappa shape index (κ1) is 18.5. The Morgan fingerprint density at radius 2 is 1.74 bits per heavy atom. The number of carbonyl (C=O) groups is 1. The highest BCUT2D eigenvalue weighted by atomic mass is 16.5. The maximum atomic E-state index is 11.8. The number of rotatable bonds is 9. The summed E-state index contributed by atoms with van der Waals surface area (Å²) in [5.41, 5.74) is 0.358. The zero-order chi connectivity index (χ0) is 14.9. The molecule has 0 bridgehead atoms. The first-order valence-electron chi connectivity index (χ1n) is 7.93. The first-order chi connectivity index (χ1) is 8.76. The normalized spacial score (nSPS) is 15.1. The minimum absolute atomic E-state index is 0.0148. The monoisotopic (exact) mass is 270 g/mol. The Kier molecular flexibility index (Phi) is 9.12. The molecular weight excluding hydrogens is 236 g/mol. The van der Waals surface area contributed by atoms with E-state index in [4.69, 9.17) is 4.74 Å². The van der Waals surface area contributed by atoms with Crippen molar-refractivity contribution in [3.8, 4) is 0 Å². The summed E-state index contributed by atoms with van der Waals surface area (Å²) in [6.45, 7) is 13.7. The molecule has 0 aromatic carbocycles. The van der Waals surface area contributed by atoms with Crippen LogP contribution in [0.2, 0.25) is 0 Å². The summed E-state index contributed by atoms with van der Waals surface area (Å²) in [4.78, 5) is 11.8. The lowest BCUT2D eigenvalue weighted by molar-refractivity contribution is -0.148. The second-order valence-corrected chi connectivity index (χ2v) is 7.22. The van der Waals surface area contributed by atoms with Gasteiger partial charge in [0.25, 0.3) is 0 Å². The molecule has 0 saturated carbocycles. The van der Waals surface area contributed by atoms with Crippen LogP contribution < -0.4 is 0 Å². The van der Waals surface area contributed by atoms with Crippen LogP contribution in [0, 0.1) is 17.3 Å². The molecule has 0 radical (unpaired) electrons. The first-order valence-corrected chi connectivity index (χ1v) is 7.93. The van der Waals surface area contributed by atoms with Crippen molar-refractivity contribution in [3.05, 3.63) is 0 Å². The number of carbonyl (C=O) groups excluding carboxylic acids is 1. The Hall–Kier alpha value is -0.530. The number of esters is 1. The van der Waals surface area contributed by atoms with Gasteiger partial charge in [-0.05, 0) is 30.6 Å². The molecule has 0 aliphatic rings. The summed E-state index contributed by atoms with van der Waals surface area (Å²) >= 11 is 0. The van der Waals surface area contributed by atoms with Crippen molar-refractivity contribution in [1.29, 1.82) is 0 Å². The fraction of sp³-hybridized carbons (Fsp3) is 0.941. The highest BCUT2D eigenvalue weighted by Gasteiger charge is 2.17. The Bertz CT molecular complexity index is 240. The van der Waals surface area contributed by atoms with E-state index in [1.807, 2.05) is 6.92 Å². The van der Waals surface area contributed by atoms with Crippen LogP contribution in [-0.2, 0) is 9.53 Å². The van der Waals surface area contributed by atoms with Gasteiger partial charge in [0, 0.05) is 0 Å². The zero-order valence-electron chi connectivity index (χ0n) is 13.9. The van der Waals surface area contributed by atoms with Gasteiger partial charge in [0.1, 0.15) is 0 Å².